The highest BCUT2D eigenvalue weighted by atomic mass is 16.5. The summed E-state index contributed by atoms with van der Waals surface area (Å²) >= 11 is 0. The van der Waals surface area contributed by atoms with Crippen molar-refractivity contribution in [3.05, 3.63) is 35.9 Å². The molecule has 1 aromatic rings. The zero-order valence-corrected chi connectivity index (χ0v) is 19.8. The molecule has 2 unspecified atom stereocenters. The summed E-state index contributed by atoms with van der Waals surface area (Å²) in [6.07, 6.45) is 2.84. The normalized spacial score (nSPS) is 22.8. The van der Waals surface area contributed by atoms with Gasteiger partial charge in [-0.05, 0) is 55.8 Å². The van der Waals surface area contributed by atoms with Gasteiger partial charge in [-0.2, -0.15) is 0 Å². The lowest BCUT2D eigenvalue weighted by atomic mass is 9.76. The Hall–Kier alpha value is -2.25. The minimum Gasteiger partial charge on any atom is -0.346 e. The van der Waals surface area contributed by atoms with Crippen molar-refractivity contribution < 1.29 is 19.1 Å². The third-order valence-corrected chi connectivity index (χ3v) is 6.97. The zero-order chi connectivity index (χ0) is 23.4. The number of Topliss-reactive ketones (excluding diaryl/α,β-unsaturated/α-hetero) is 1. The van der Waals surface area contributed by atoms with E-state index in [0.29, 0.717) is 24.4 Å². The highest BCUT2D eigenvalue weighted by Crippen LogP contribution is 2.32. The predicted octanol–water partition coefficient (Wildman–Crippen LogP) is 2.76. The van der Waals surface area contributed by atoms with Gasteiger partial charge in [0.15, 0.2) is 11.5 Å². The van der Waals surface area contributed by atoms with Crippen LogP contribution >= 0.6 is 0 Å². The van der Waals surface area contributed by atoms with Gasteiger partial charge in [0.25, 0.3) is 5.91 Å². The number of ether oxygens (including phenoxy) is 1. The van der Waals surface area contributed by atoms with Gasteiger partial charge >= 0.3 is 0 Å². The van der Waals surface area contributed by atoms with Crippen LogP contribution in [0, 0.1) is 11.3 Å². The number of hydrogen-bond acceptors (Lipinski definition) is 5. The van der Waals surface area contributed by atoms with Crippen LogP contribution < -0.4 is 10.6 Å². The van der Waals surface area contributed by atoms with E-state index in [2.05, 4.69) is 43.2 Å². The van der Waals surface area contributed by atoms with E-state index < -0.39 is 11.8 Å². The van der Waals surface area contributed by atoms with Crippen molar-refractivity contribution in [1.82, 2.24) is 15.5 Å². The average molecular weight is 444 g/mol. The quantitative estimate of drug-likeness (QED) is 0.613. The van der Waals surface area contributed by atoms with Crippen molar-refractivity contribution in [3.8, 4) is 0 Å². The highest BCUT2D eigenvalue weighted by molar-refractivity contribution is 5.97. The van der Waals surface area contributed by atoms with Crippen LogP contribution in [0.3, 0.4) is 0 Å². The predicted molar refractivity (Wildman–Crippen MR) is 123 cm³/mol. The molecule has 2 N–H and O–H groups in total. The summed E-state index contributed by atoms with van der Waals surface area (Å²) in [7, 11) is 0. The molecule has 0 aromatic heterocycles. The van der Waals surface area contributed by atoms with E-state index in [9.17, 15) is 14.4 Å². The Kier molecular flexibility index (Phi) is 7.72. The first-order chi connectivity index (χ1) is 15.1. The Balaban J connectivity index is 1.79. The maximum absolute atomic E-state index is 13.5. The molecule has 2 heterocycles. The fraction of sp³-hybridized carbons (Fsp3) is 0.640. The first kappa shape index (κ1) is 24.4. The lowest BCUT2D eigenvalue weighted by Gasteiger charge is -2.37. The maximum atomic E-state index is 13.5. The molecule has 2 fully saturated rings. The highest BCUT2D eigenvalue weighted by Gasteiger charge is 2.44. The topological polar surface area (TPSA) is 87.7 Å². The molecule has 176 valence electrons. The second kappa shape index (κ2) is 10.1. The third kappa shape index (κ3) is 6.17. The van der Waals surface area contributed by atoms with E-state index in [4.69, 9.17) is 4.74 Å². The summed E-state index contributed by atoms with van der Waals surface area (Å²) in [5.41, 5.74) is -0.705. The molecule has 2 amide bonds. The SMILES string of the molecule is CC(C)C(C)(C)CC(NC(=O)c1ccccc1)C(=O)NC1(CN2CCCC2)CC(=O)CO1. The molecule has 0 aliphatic carbocycles. The fourth-order valence-corrected chi connectivity index (χ4v) is 4.28. The van der Waals surface area contributed by atoms with Crippen molar-refractivity contribution in [2.24, 2.45) is 11.3 Å². The van der Waals surface area contributed by atoms with E-state index in [-0.39, 0.29) is 36.0 Å². The van der Waals surface area contributed by atoms with Crippen molar-refractivity contribution in [1.29, 1.82) is 0 Å². The number of nitrogens with zero attached hydrogens (tertiary/aromatic N) is 1. The Labute approximate surface area is 191 Å². The van der Waals surface area contributed by atoms with Crippen LogP contribution in [-0.4, -0.2) is 60.5 Å². The number of hydrogen-bond donors (Lipinski definition) is 2. The van der Waals surface area contributed by atoms with Crippen LogP contribution in [0.25, 0.3) is 0 Å². The summed E-state index contributed by atoms with van der Waals surface area (Å²) in [6.45, 7) is 10.8. The van der Waals surface area contributed by atoms with Gasteiger partial charge < -0.3 is 15.4 Å². The van der Waals surface area contributed by atoms with Crippen LogP contribution in [0.5, 0.6) is 0 Å². The molecule has 2 aliphatic rings. The molecule has 1 aromatic carbocycles. The molecule has 0 radical (unpaired) electrons. The largest absolute Gasteiger partial charge is 0.346 e. The number of rotatable bonds is 9. The van der Waals surface area contributed by atoms with E-state index in [1.54, 1.807) is 24.3 Å². The van der Waals surface area contributed by atoms with Crippen molar-refractivity contribution in [2.45, 2.75) is 65.1 Å². The minimum atomic E-state index is -1.03. The Morgan fingerprint density at radius 3 is 2.38 bits per heavy atom. The van der Waals surface area contributed by atoms with Crippen molar-refractivity contribution in [3.63, 3.8) is 0 Å². The first-order valence-electron chi connectivity index (χ1n) is 11.7. The van der Waals surface area contributed by atoms with Gasteiger partial charge in [-0.15, -0.1) is 0 Å². The van der Waals surface area contributed by atoms with E-state index >= 15 is 0 Å². The molecule has 0 spiro atoms. The summed E-state index contributed by atoms with van der Waals surface area (Å²) in [5, 5.41) is 5.96. The molecule has 2 atom stereocenters. The summed E-state index contributed by atoms with van der Waals surface area (Å²) in [4.78, 5) is 40.7. The van der Waals surface area contributed by atoms with Crippen LogP contribution in [-0.2, 0) is 14.3 Å². The lowest BCUT2D eigenvalue weighted by Crippen LogP contribution is -2.60. The van der Waals surface area contributed by atoms with E-state index in [1.165, 1.54) is 0 Å². The second-order valence-electron chi connectivity index (χ2n) is 10.2. The van der Waals surface area contributed by atoms with E-state index in [0.717, 1.165) is 25.9 Å². The number of ketones is 1. The fourth-order valence-electron chi connectivity index (χ4n) is 4.28. The van der Waals surface area contributed by atoms with Gasteiger partial charge in [-0.3, -0.25) is 19.3 Å². The van der Waals surface area contributed by atoms with Crippen molar-refractivity contribution >= 4 is 17.6 Å². The summed E-state index contributed by atoms with van der Waals surface area (Å²) in [6, 6.07) is 8.15. The summed E-state index contributed by atoms with van der Waals surface area (Å²) in [5.74, 6) is -0.301. The van der Waals surface area contributed by atoms with Crippen LogP contribution in [0.4, 0.5) is 0 Å². The van der Waals surface area contributed by atoms with E-state index in [1.807, 2.05) is 6.07 Å². The molecular weight excluding hydrogens is 406 g/mol. The zero-order valence-electron chi connectivity index (χ0n) is 19.8. The van der Waals surface area contributed by atoms with Gasteiger partial charge in [0, 0.05) is 12.1 Å². The monoisotopic (exact) mass is 443 g/mol. The number of carbonyl (C=O) groups excluding carboxylic acids is 3. The molecular formula is C25H37N3O4. The maximum Gasteiger partial charge on any atom is 0.251 e. The Morgan fingerprint density at radius 1 is 1.16 bits per heavy atom. The van der Waals surface area contributed by atoms with Crippen LogP contribution in [0.1, 0.15) is 63.7 Å². The molecule has 0 bridgehead atoms. The van der Waals surface area contributed by atoms with Gasteiger partial charge in [-0.25, -0.2) is 0 Å². The number of likely N-dealkylation sites (tertiary alicyclic amines) is 1. The summed E-state index contributed by atoms with van der Waals surface area (Å²) < 4.78 is 5.87. The molecule has 0 saturated carbocycles. The molecule has 7 nitrogen and oxygen atoms in total. The second-order valence-corrected chi connectivity index (χ2v) is 10.2. The number of benzene rings is 1. The molecule has 32 heavy (non-hydrogen) atoms. The van der Waals surface area contributed by atoms with Gasteiger partial charge in [0.1, 0.15) is 12.6 Å². The molecule has 7 heteroatoms. The van der Waals surface area contributed by atoms with Crippen LogP contribution in [0.2, 0.25) is 0 Å². The Morgan fingerprint density at radius 2 is 1.81 bits per heavy atom. The average Bonchev–Trinajstić information content (AvgIpc) is 3.37. The number of carbonyl (C=O) groups is 3. The Bertz CT molecular complexity index is 818. The van der Waals surface area contributed by atoms with Crippen LogP contribution in [0.15, 0.2) is 30.3 Å². The van der Waals surface area contributed by atoms with Gasteiger partial charge in [-0.1, -0.05) is 45.9 Å². The number of nitrogens with one attached hydrogen (secondary N) is 2. The lowest BCUT2D eigenvalue weighted by molar-refractivity contribution is -0.134. The third-order valence-electron chi connectivity index (χ3n) is 6.97. The molecule has 2 saturated heterocycles. The van der Waals surface area contributed by atoms with Crippen molar-refractivity contribution in [2.75, 3.05) is 26.2 Å². The minimum absolute atomic E-state index is 0.00660. The van der Waals surface area contributed by atoms with Gasteiger partial charge in [0.05, 0.1) is 6.42 Å². The van der Waals surface area contributed by atoms with Gasteiger partial charge in [0.2, 0.25) is 5.91 Å². The standard InChI is InChI=1S/C25H37N3O4/c1-18(2)24(3,4)15-21(26-22(30)19-10-6-5-7-11-19)23(31)27-25(14-20(29)16-32-25)17-28-12-8-9-13-28/h5-7,10-11,18,21H,8-9,12-17H2,1-4H3,(H,26,30)(H,27,31). The molecule has 3 rings (SSSR count). The first-order valence-corrected chi connectivity index (χ1v) is 11.7. The molecule has 2 aliphatic heterocycles. The number of amides is 2. The smallest absolute Gasteiger partial charge is 0.251 e.